The smallest absolute Gasteiger partial charge is 0.272 e. The minimum Gasteiger partial charge on any atom is -0.349 e. The van der Waals surface area contributed by atoms with Gasteiger partial charge in [-0.2, -0.15) is 5.10 Å². The highest BCUT2D eigenvalue weighted by molar-refractivity contribution is 6.30. The zero-order valence-electron chi connectivity index (χ0n) is 16.3. The molecule has 5 rings (SSSR count). The zero-order chi connectivity index (χ0) is 20.7. The predicted molar refractivity (Wildman–Crippen MR) is 112 cm³/mol. The van der Waals surface area contributed by atoms with Crippen LogP contribution in [-0.4, -0.2) is 42.2 Å². The Kier molecular flexibility index (Phi) is 4.59. The molecule has 4 heterocycles. The Morgan fingerprint density at radius 1 is 1.20 bits per heavy atom. The lowest BCUT2D eigenvalue weighted by Crippen LogP contribution is -2.34. The number of carbonyl (C=O) groups is 1. The third-order valence-electron chi connectivity index (χ3n) is 5.26. The van der Waals surface area contributed by atoms with Crippen molar-refractivity contribution in [1.29, 1.82) is 0 Å². The molecule has 0 aliphatic carbocycles. The summed E-state index contributed by atoms with van der Waals surface area (Å²) in [5, 5.41) is 16.8. The molecule has 10 heteroatoms. The monoisotopic (exact) mass is 422 g/mol. The summed E-state index contributed by atoms with van der Waals surface area (Å²) in [5.41, 5.74) is 3.23. The highest BCUT2D eigenvalue weighted by Gasteiger charge is 2.21. The maximum Gasteiger partial charge on any atom is 0.272 e. The number of halogens is 1. The van der Waals surface area contributed by atoms with Gasteiger partial charge < -0.3 is 10.2 Å². The van der Waals surface area contributed by atoms with E-state index in [0.717, 1.165) is 41.1 Å². The van der Waals surface area contributed by atoms with Crippen molar-refractivity contribution in [2.45, 2.75) is 19.6 Å². The normalized spacial score (nSPS) is 13.5. The third kappa shape index (κ3) is 3.37. The van der Waals surface area contributed by atoms with E-state index in [1.54, 1.807) is 29.2 Å². The topological polar surface area (TPSA) is 93.8 Å². The van der Waals surface area contributed by atoms with E-state index in [0.29, 0.717) is 23.8 Å². The predicted octanol–water partition coefficient (Wildman–Crippen LogP) is 2.16. The van der Waals surface area contributed by atoms with Crippen LogP contribution in [0.4, 0.5) is 5.82 Å². The summed E-state index contributed by atoms with van der Waals surface area (Å²) >= 11 is 5.91. The van der Waals surface area contributed by atoms with Gasteiger partial charge in [-0.1, -0.05) is 28.9 Å². The summed E-state index contributed by atoms with van der Waals surface area (Å²) in [5.74, 6) is 0.601. The van der Waals surface area contributed by atoms with Crippen LogP contribution < -0.4 is 10.2 Å². The van der Waals surface area contributed by atoms with Crippen molar-refractivity contribution in [1.82, 2.24) is 35.1 Å². The fraction of sp³-hybridized carbons (Fsp3) is 0.250. The van der Waals surface area contributed by atoms with Crippen LogP contribution in [0.3, 0.4) is 0 Å². The fourth-order valence-corrected chi connectivity index (χ4v) is 3.75. The number of aryl methyl sites for hydroxylation is 1. The second-order valence-corrected chi connectivity index (χ2v) is 7.65. The molecule has 0 saturated heterocycles. The van der Waals surface area contributed by atoms with Crippen LogP contribution in [0.2, 0.25) is 5.02 Å². The number of hydrogen-bond acceptors (Lipinski definition) is 6. The van der Waals surface area contributed by atoms with E-state index in [-0.39, 0.29) is 5.91 Å². The average molecular weight is 423 g/mol. The maximum atomic E-state index is 12.7. The summed E-state index contributed by atoms with van der Waals surface area (Å²) < 4.78 is 3.62. The van der Waals surface area contributed by atoms with Gasteiger partial charge in [0.1, 0.15) is 5.82 Å². The van der Waals surface area contributed by atoms with Gasteiger partial charge in [0.2, 0.25) is 0 Å². The number of nitrogens with zero attached hydrogens (tertiary/aromatic N) is 7. The first-order valence-corrected chi connectivity index (χ1v) is 9.94. The van der Waals surface area contributed by atoms with Crippen molar-refractivity contribution in [2.24, 2.45) is 7.05 Å². The van der Waals surface area contributed by atoms with Crippen LogP contribution in [0.1, 0.15) is 21.7 Å². The Balaban J connectivity index is 1.37. The van der Waals surface area contributed by atoms with Gasteiger partial charge in [0, 0.05) is 37.4 Å². The van der Waals surface area contributed by atoms with E-state index < -0.39 is 0 Å². The molecule has 0 bridgehead atoms. The molecule has 3 aromatic heterocycles. The molecule has 1 aromatic carbocycles. The Bertz CT molecular complexity index is 1230. The molecule has 152 valence electrons. The second kappa shape index (κ2) is 7.42. The van der Waals surface area contributed by atoms with Crippen molar-refractivity contribution in [3.63, 3.8) is 0 Å². The van der Waals surface area contributed by atoms with E-state index in [4.69, 9.17) is 11.6 Å². The van der Waals surface area contributed by atoms with Gasteiger partial charge in [-0.25, -0.2) is 9.67 Å². The molecule has 30 heavy (non-hydrogen) atoms. The van der Waals surface area contributed by atoms with Gasteiger partial charge in [-0.05, 0) is 17.7 Å². The molecule has 1 aliphatic rings. The molecule has 0 atom stereocenters. The Morgan fingerprint density at radius 2 is 2.03 bits per heavy atom. The highest BCUT2D eigenvalue weighted by atomic mass is 35.5. The van der Waals surface area contributed by atoms with E-state index in [9.17, 15) is 4.79 Å². The van der Waals surface area contributed by atoms with Crippen LogP contribution in [-0.2, 0) is 26.7 Å². The minimum atomic E-state index is -0.238. The summed E-state index contributed by atoms with van der Waals surface area (Å²) in [7, 11) is 1.83. The molecule has 0 radical (unpaired) electrons. The summed E-state index contributed by atoms with van der Waals surface area (Å²) in [6.45, 7) is 2.65. The van der Waals surface area contributed by atoms with E-state index in [1.165, 1.54) is 0 Å². The largest absolute Gasteiger partial charge is 0.349 e. The van der Waals surface area contributed by atoms with Gasteiger partial charge in [0.15, 0.2) is 5.69 Å². The first-order chi connectivity index (χ1) is 14.6. The SMILES string of the molecule is Cn1nc(C(=O)NCc2ccc(Cl)cc2)c2cnc(N3CCn4nncc4C3)cc21. The molecule has 1 N–H and O–H groups in total. The summed E-state index contributed by atoms with van der Waals surface area (Å²) in [6, 6.07) is 9.33. The summed E-state index contributed by atoms with van der Waals surface area (Å²) in [4.78, 5) is 19.5. The van der Waals surface area contributed by atoms with Gasteiger partial charge in [0.05, 0.1) is 35.9 Å². The average Bonchev–Trinajstić information content (AvgIpc) is 3.37. The van der Waals surface area contributed by atoms with Gasteiger partial charge >= 0.3 is 0 Å². The van der Waals surface area contributed by atoms with Crippen LogP contribution >= 0.6 is 11.6 Å². The van der Waals surface area contributed by atoms with Crippen molar-refractivity contribution in [2.75, 3.05) is 11.4 Å². The van der Waals surface area contributed by atoms with E-state index in [2.05, 4.69) is 30.6 Å². The molecule has 0 unspecified atom stereocenters. The van der Waals surface area contributed by atoms with Gasteiger partial charge in [-0.3, -0.25) is 9.48 Å². The lowest BCUT2D eigenvalue weighted by Gasteiger charge is -2.28. The number of aromatic nitrogens is 6. The molecule has 1 aliphatic heterocycles. The third-order valence-corrected chi connectivity index (χ3v) is 5.51. The lowest BCUT2D eigenvalue weighted by molar-refractivity contribution is 0.0946. The number of fused-ring (bicyclic) bond motifs is 2. The number of hydrogen-bond donors (Lipinski definition) is 1. The number of pyridine rings is 1. The Labute approximate surface area is 177 Å². The first kappa shape index (κ1) is 18.6. The molecule has 4 aromatic rings. The fourth-order valence-electron chi connectivity index (χ4n) is 3.63. The van der Waals surface area contributed by atoms with Crippen LogP contribution in [0.5, 0.6) is 0 Å². The van der Waals surface area contributed by atoms with Crippen LogP contribution in [0, 0.1) is 0 Å². The van der Waals surface area contributed by atoms with Crippen LogP contribution in [0.25, 0.3) is 10.9 Å². The van der Waals surface area contributed by atoms with Crippen molar-refractivity contribution < 1.29 is 4.79 Å². The Morgan fingerprint density at radius 3 is 2.87 bits per heavy atom. The molecule has 1 amide bonds. The van der Waals surface area contributed by atoms with Crippen molar-refractivity contribution in [3.8, 4) is 0 Å². The highest BCUT2D eigenvalue weighted by Crippen LogP contribution is 2.24. The van der Waals surface area contributed by atoms with Crippen molar-refractivity contribution in [3.05, 3.63) is 64.7 Å². The summed E-state index contributed by atoms with van der Waals surface area (Å²) in [6.07, 6.45) is 3.50. The zero-order valence-corrected chi connectivity index (χ0v) is 17.0. The maximum absolute atomic E-state index is 12.7. The quantitative estimate of drug-likeness (QED) is 0.541. The standard InChI is InChI=1S/C20H19ClN8O/c1-27-17-8-18(28-6-7-29-15(12-28)10-24-26-29)22-11-16(17)19(25-27)20(30)23-9-13-2-4-14(21)5-3-13/h2-5,8,10-11H,6-7,9,12H2,1H3,(H,23,30). The molecule has 0 saturated carbocycles. The first-order valence-electron chi connectivity index (χ1n) is 9.56. The van der Waals surface area contributed by atoms with Crippen LogP contribution in [0.15, 0.2) is 42.7 Å². The molecule has 9 nitrogen and oxygen atoms in total. The minimum absolute atomic E-state index is 0.238. The van der Waals surface area contributed by atoms with E-state index in [1.807, 2.05) is 29.9 Å². The van der Waals surface area contributed by atoms with Gasteiger partial charge in [0.25, 0.3) is 5.91 Å². The number of anilines is 1. The Hall–Kier alpha value is -3.46. The van der Waals surface area contributed by atoms with Gasteiger partial charge in [-0.15, -0.1) is 5.10 Å². The second-order valence-electron chi connectivity index (χ2n) is 7.21. The van der Waals surface area contributed by atoms with E-state index >= 15 is 0 Å². The number of nitrogens with one attached hydrogen (secondary N) is 1. The molecule has 0 spiro atoms. The number of benzene rings is 1. The number of rotatable bonds is 4. The molecular weight excluding hydrogens is 404 g/mol. The molecule has 0 fully saturated rings. The van der Waals surface area contributed by atoms with Crippen molar-refractivity contribution >= 4 is 34.2 Å². The lowest BCUT2D eigenvalue weighted by atomic mass is 10.2. The molecular formula is C20H19ClN8O. The number of carbonyl (C=O) groups excluding carboxylic acids is 1. The number of amides is 1.